The van der Waals surface area contributed by atoms with E-state index in [4.69, 9.17) is 0 Å². The highest BCUT2D eigenvalue weighted by Crippen LogP contribution is 2.37. The molecule has 0 N–H and O–H groups in total. The summed E-state index contributed by atoms with van der Waals surface area (Å²) in [4.78, 5) is 24.2. The maximum absolute atomic E-state index is 12.3. The van der Waals surface area contributed by atoms with Gasteiger partial charge in [-0.3, -0.25) is 9.59 Å². The van der Waals surface area contributed by atoms with Crippen LogP contribution in [0.4, 0.5) is 0 Å². The van der Waals surface area contributed by atoms with Crippen LogP contribution in [0.3, 0.4) is 0 Å². The van der Waals surface area contributed by atoms with Crippen molar-refractivity contribution in [1.29, 1.82) is 0 Å². The monoisotopic (exact) mass is 390 g/mol. The number of Topliss-reactive ketones (excluding diaryl/α,β-unsaturated/α-hetero) is 2. The molecule has 2 aromatic rings. The molecule has 1 fully saturated rings. The molecule has 2 aromatic carbocycles. The van der Waals surface area contributed by atoms with Gasteiger partial charge in [-0.25, -0.2) is 0 Å². The van der Waals surface area contributed by atoms with Crippen LogP contribution in [0.5, 0.6) is 0 Å². The second-order valence-electron chi connectivity index (χ2n) is 8.57. The molecule has 1 saturated carbocycles. The zero-order chi connectivity index (χ0) is 20.6. The van der Waals surface area contributed by atoms with Gasteiger partial charge < -0.3 is 0 Å². The average molecular weight is 391 g/mol. The van der Waals surface area contributed by atoms with Crippen molar-refractivity contribution >= 4 is 11.6 Å². The molecule has 29 heavy (non-hydrogen) atoms. The molecule has 0 bridgehead atoms. The Morgan fingerprint density at radius 1 is 0.828 bits per heavy atom. The third-order valence-corrected chi connectivity index (χ3v) is 6.51. The largest absolute Gasteiger partial charge is 0.299 e. The summed E-state index contributed by atoms with van der Waals surface area (Å²) in [6.07, 6.45) is 9.03. The minimum absolute atomic E-state index is 0.0221. The first-order valence-electron chi connectivity index (χ1n) is 11.4. The molecule has 0 radical (unpaired) electrons. The molecule has 2 heteroatoms. The standard InChI is InChI=1S/C27H34O2/c1-3-5-6-26(28)19-27(29)25-17-15-24(16-18-25)23-13-11-22(12-14-23)21-9-7-20(4-2)8-10-21/h11-18,20-21H,3-10,19H2,1-2H3. The second kappa shape index (κ2) is 10.5. The van der Waals surface area contributed by atoms with E-state index in [0.717, 1.165) is 24.3 Å². The Labute approximate surface area is 175 Å². The molecule has 0 heterocycles. The van der Waals surface area contributed by atoms with Crippen molar-refractivity contribution in [3.05, 3.63) is 59.7 Å². The van der Waals surface area contributed by atoms with Crippen LogP contribution in [-0.2, 0) is 4.79 Å². The Morgan fingerprint density at radius 3 is 1.97 bits per heavy atom. The number of carbonyl (C=O) groups is 2. The number of carbonyl (C=O) groups excluding carboxylic acids is 2. The lowest BCUT2D eigenvalue weighted by Gasteiger charge is -2.28. The molecular formula is C27H34O2. The SMILES string of the molecule is CCCCC(=O)CC(=O)c1ccc(-c2ccc(C3CCC(CC)CC3)cc2)cc1. The van der Waals surface area contributed by atoms with Gasteiger partial charge in [0.25, 0.3) is 0 Å². The van der Waals surface area contributed by atoms with Crippen LogP contribution in [0.2, 0.25) is 0 Å². The summed E-state index contributed by atoms with van der Waals surface area (Å²) in [7, 11) is 0. The van der Waals surface area contributed by atoms with Gasteiger partial charge in [0.05, 0.1) is 6.42 Å². The van der Waals surface area contributed by atoms with Gasteiger partial charge in [-0.05, 0) is 60.6 Å². The molecule has 3 rings (SSSR count). The van der Waals surface area contributed by atoms with Crippen molar-refractivity contribution in [3.63, 3.8) is 0 Å². The molecule has 0 aliphatic heterocycles. The predicted molar refractivity (Wildman–Crippen MR) is 120 cm³/mol. The fourth-order valence-corrected chi connectivity index (χ4v) is 4.44. The lowest BCUT2D eigenvalue weighted by Crippen LogP contribution is -2.12. The third-order valence-electron chi connectivity index (χ3n) is 6.51. The van der Waals surface area contributed by atoms with Crippen LogP contribution in [0.1, 0.15) is 93.5 Å². The van der Waals surface area contributed by atoms with E-state index in [1.807, 2.05) is 24.3 Å². The van der Waals surface area contributed by atoms with E-state index in [9.17, 15) is 9.59 Å². The summed E-state index contributed by atoms with van der Waals surface area (Å²) < 4.78 is 0. The van der Waals surface area contributed by atoms with Gasteiger partial charge in [-0.1, -0.05) is 75.2 Å². The summed E-state index contributed by atoms with van der Waals surface area (Å²) >= 11 is 0. The Hall–Kier alpha value is -2.22. The van der Waals surface area contributed by atoms with Gasteiger partial charge >= 0.3 is 0 Å². The second-order valence-corrected chi connectivity index (χ2v) is 8.57. The summed E-state index contributed by atoms with van der Waals surface area (Å²) in [6.45, 7) is 4.36. The lowest BCUT2D eigenvalue weighted by atomic mass is 9.77. The number of benzene rings is 2. The van der Waals surface area contributed by atoms with Crippen LogP contribution in [0, 0.1) is 5.92 Å². The predicted octanol–water partition coefficient (Wildman–Crippen LogP) is 7.37. The Bertz CT molecular complexity index is 793. The summed E-state index contributed by atoms with van der Waals surface area (Å²) in [5, 5.41) is 0. The van der Waals surface area contributed by atoms with E-state index in [1.165, 1.54) is 43.2 Å². The van der Waals surface area contributed by atoms with Gasteiger partial charge in [0.2, 0.25) is 0 Å². The van der Waals surface area contributed by atoms with E-state index in [0.29, 0.717) is 17.9 Å². The molecule has 0 spiro atoms. The highest BCUT2D eigenvalue weighted by Gasteiger charge is 2.21. The smallest absolute Gasteiger partial charge is 0.170 e. The highest BCUT2D eigenvalue weighted by atomic mass is 16.1. The van der Waals surface area contributed by atoms with E-state index in [2.05, 4.69) is 38.1 Å². The normalized spacial score (nSPS) is 19.1. The maximum Gasteiger partial charge on any atom is 0.170 e. The topological polar surface area (TPSA) is 34.1 Å². The van der Waals surface area contributed by atoms with Gasteiger partial charge in [0, 0.05) is 12.0 Å². The van der Waals surface area contributed by atoms with Gasteiger partial charge in [-0.15, -0.1) is 0 Å². The molecule has 0 aromatic heterocycles. The summed E-state index contributed by atoms with van der Waals surface area (Å²) in [6, 6.07) is 16.6. The number of hydrogen-bond donors (Lipinski definition) is 0. The van der Waals surface area contributed by atoms with Crippen molar-refractivity contribution in [1.82, 2.24) is 0 Å². The van der Waals surface area contributed by atoms with E-state index in [-0.39, 0.29) is 18.0 Å². The van der Waals surface area contributed by atoms with E-state index in [1.54, 1.807) is 0 Å². The number of ketones is 2. The minimum Gasteiger partial charge on any atom is -0.299 e. The molecular weight excluding hydrogens is 356 g/mol. The van der Waals surface area contributed by atoms with Crippen LogP contribution in [-0.4, -0.2) is 11.6 Å². The molecule has 2 nitrogen and oxygen atoms in total. The third kappa shape index (κ3) is 5.88. The van der Waals surface area contributed by atoms with Gasteiger partial charge in [0.15, 0.2) is 5.78 Å². The molecule has 1 aliphatic rings. The van der Waals surface area contributed by atoms with Crippen LogP contribution >= 0.6 is 0 Å². The van der Waals surface area contributed by atoms with Gasteiger partial charge in [0.1, 0.15) is 5.78 Å². The number of rotatable bonds is 9. The molecule has 154 valence electrons. The average Bonchev–Trinajstić information content (AvgIpc) is 2.78. The molecule has 0 amide bonds. The summed E-state index contributed by atoms with van der Waals surface area (Å²) in [5.74, 6) is 1.60. The van der Waals surface area contributed by atoms with Crippen LogP contribution < -0.4 is 0 Å². The zero-order valence-electron chi connectivity index (χ0n) is 18.0. The molecule has 0 saturated heterocycles. The molecule has 0 atom stereocenters. The van der Waals surface area contributed by atoms with Crippen molar-refractivity contribution in [2.45, 2.75) is 77.6 Å². The van der Waals surface area contributed by atoms with Gasteiger partial charge in [-0.2, -0.15) is 0 Å². The lowest BCUT2D eigenvalue weighted by molar-refractivity contribution is -0.118. The fraction of sp³-hybridized carbons (Fsp3) is 0.481. The quantitative estimate of drug-likeness (QED) is 0.331. The van der Waals surface area contributed by atoms with Crippen molar-refractivity contribution in [3.8, 4) is 11.1 Å². The first-order chi connectivity index (χ1) is 14.1. The number of unbranched alkanes of at least 4 members (excludes halogenated alkanes) is 1. The summed E-state index contributed by atoms with van der Waals surface area (Å²) in [5.41, 5.74) is 4.37. The Morgan fingerprint density at radius 2 is 1.41 bits per heavy atom. The first kappa shape index (κ1) is 21.5. The fourth-order valence-electron chi connectivity index (χ4n) is 4.44. The van der Waals surface area contributed by atoms with Crippen LogP contribution in [0.15, 0.2) is 48.5 Å². The molecule has 0 unspecified atom stereocenters. The van der Waals surface area contributed by atoms with E-state index >= 15 is 0 Å². The Balaban J connectivity index is 1.60. The van der Waals surface area contributed by atoms with Crippen molar-refractivity contribution in [2.24, 2.45) is 5.92 Å². The van der Waals surface area contributed by atoms with Crippen molar-refractivity contribution < 1.29 is 9.59 Å². The van der Waals surface area contributed by atoms with E-state index < -0.39 is 0 Å². The zero-order valence-corrected chi connectivity index (χ0v) is 18.0. The number of hydrogen-bond acceptors (Lipinski definition) is 2. The minimum atomic E-state index is -0.0734. The maximum atomic E-state index is 12.3. The highest BCUT2D eigenvalue weighted by molar-refractivity contribution is 6.08. The van der Waals surface area contributed by atoms with Crippen molar-refractivity contribution in [2.75, 3.05) is 0 Å². The van der Waals surface area contributed by atoms with Crippen LogP contribution in [0.25, 0.3) is 11.1 Å². The first-order valence-corrected chi connectivity index (χ1v) is 11.4. The Kier molecular flexibility index (Phi) is 7.80. The molecule has 1 aliphatic carbocycles.